The molecule has 1 spiro atoms. The topological polar surface area (TPSA) is 116 Å². The molecule has 7 rings (SSSR count). The summed E-state index contributed by atoms with van der Waals surface area (Å²) in [5.41, 5.74) is 2.75. The molecule has 1 N–H and O–H groups in total. The van der Waals surface area contributed by atoms with E-state index < -0.39 is 23.5 Å². The van der Waals surface area contributed by atoms with Gasteiger partial charge in [-0.25, -0.2) is 4.79 Å². The van der Waals surface area contributed by atoms with Crippen LogP contribution in [0.4, 0.5) is 16.2 Å². The fourth-order valence-corrected chi connectivity index (χ4v) is 6.30. The number of imide groups is 1. The van der Waals surface area contributed by atoms with Crippen LogP contribution in [0.2, 0.25) is 5.02 Å². The van der Waals surface area contributed by atoms with Crippen LogP contribution in [0.3, 0.4) is 0 Å². The van der Waals surface area contributed by atoms with Crippen molar-refractivity contribution in [3.8, 4) is 5.75 Å². The van der Waals surface area contributed by atoms with Gasteiger partial charge in [0.1, 0.15) is 11.8 Å². The minimum absolute atomic E-state index is 0.132. The maximum atomic E-state index is 13.2. The number of nitrogens with one attached hydrogen (secondary N) is 1. The van der Waals surface area contributed by atoms with E-state index in [0.717, 1.165) is 36.9 Å². The van der Waals surface area contributed by atoms with Crippen molar-refractivity contribution in [1.29, 1.82) is 0 Å². The number of carbonyl (C=O) groups is 5. The number of amides is 5. The van der Waals surface area contributed by atoms with Crippen LogP contribution in [0.25, 0.3) is 0 Å². The third-order valence-corrected chi connectivity index (χ3v) is 8.77. The van der Waals surface area contributed by atoms with Crippen molar-refractivity contribution in [2.75, 3.05) is 16.8 Å². The number of nitrogens with zero attached hydrogens (tertiary/aromatic N) is 3. The monoisotopic (exact) mass is 548 g/mol. The van der Waals surface area contributed by atoms with Crippen LogP contribution in [0.15, 0.2) is 30.3 Å². The van der Waals surface area contributed by atoms with Gasteiger partial charge in [0.25, 0.3) is 5.91 Å². The molecule has 0 bridgehead atoms. The molecule has 2 aliphatic carbocycles. The summed E-state index contributed by atoms with van der Waals surface area (Å²) in [4.78, 5) is 67.8. The Labute approximate surface area is 228 Å². The van der Waals surface area contributed by atoms with Crippen LogP contribution in [0.1, 0.15) is 60.0 Å². The Balaban J connectivity index is 1.10. The Bertz CT molecular complexity index is 1510. The standard InChI is InChI=1S/C28H25ClN4O6/c1-31(22-11-18-21(12-19(22)29)33(15-3-4-15)26(37)28(18)8-9-28)27(38)39-16-5-2-14-13-32(25(36)17(14)10-16)20-6-7-23(34)30-24(20)35/h2,5,10-12,15,20H,3-4,6-9,13H2,1H3,(H,30,34,35). The van der Waals surface area contributed by atoms with Crippen LogP contribution >= 0.6 is 11.6 Å². The van der Waals surface area contributed by atoms with Crippen molar-refractivity contribution in [2.45, 2.75) is 62.6 Å². The van der Waals surface area contributed by atoms with Gasteiger partial charge < -0.3 is 14.5 Å². The average molecular weight is 549 g/mol. The number of ether oxygens (including phenoxy) is 1. The third kappa shape index (κ3) is 3.65. The maximum absolute atomic E-state index is 13.2. The number of halogens is 1. The van der Waals surface area contributed by atoms with Crippen LogP contribution in [-0.4, -0.2) is 53.8 Å². The number of hydrogen-bond donors (Lipinski definition) is 1. The Kier molecular flexibility index (Phi) is 5.13. The van der Waals surface area contributed by atoms with Crippen LogP contribution in [-0.2, 0) is 26.3 Å². The normalized spacial score (nSPS) is 22.7. The minimum atomic E-state index is -0.723. The summed E-state index contributed by atoms with van der Waals surface area (Å²) < 4.78 is 5.61. The number of rotatable bonds is 4. The predicted molar refractivity (Wildman–Crippen MR) is 140 cm³/mol. The molecule has 10 nitrogen and oxygen atoms in total. The smallest absolute Gasteiger partial charge is 0.410 e. The second-order valence-corrected chi connectivity index (χ2v) is 11.4. The summed E-state index contributed by atoms with van der Waals surface area (Å²) >= 11 is 6.62. The molecule has 0 radical (unpaired) electrons. The van der Waals surface area contributed by atoms with Gasteiger partial charge in [0.15, 0.2) is 0 Å². The molecule has 39 heavy (non-hydrogen) atoms. The van der Waals surface area contributed by atoms with Gasteiger partial charge in [-0.2, -0.15) is 0 Å². The SMILES string of the molecule is CN(C(=O)Oc1ccc2c(c1)C(=O)N(C1CCC(=O)NC1=O)C2)c1cc2c(cc1Cl)N(C1CC1)C(=O)C21CC1. The minimum Gasteiger partial charge on any atom is -0.410 e. The van der Waals surface area contributed by atoms with E-state index in [4.69, 9.17) is 16.3 Å². The zero-order chi connectivity index (χ0) is 27.2. The van der Waals surface area contributed by atoms with Crippen LogP contribution < -0.4 is 19.9 Å². The van der Waals surface area contributed by atoms with Crippen molar-refractivity contribution in [3.05, 3.63) is 52.0 Å². The molecule has 5 amide bonds. The number of anilines is 2. The number of fused-ring (bicyclic) bond motifs is 3. The summed E-state index contributed by atoms with van der Waals surface area (Å²) in [6.45, 7) is 0.234. The third-order valence-electron chi connectivity index (χ3n) is 8.47. The molecule has 2 aromatic carbocycles. The number of carbonyl (C=O) groups excluding carboxylic acids is 5. The first-order valence-corrected chi connectivity index (χ1v) is 13.5. The van der Waals surface area contributed by atoms with Crippen molar-refractivity contribution >= 4 is 52.7 Å². The zero-order valence-corrected chi connectivity index (χ0v) is 21.9. The van der Waals surface area contributed by atoms with Gasteiger partial charge in [-0.1, -0.05) is 17.7 Å². The molecule has 11 heteroatoms. The summed E-state index contributed by atoms with van der Waals surface area (Å²) in [6.07, 6.45) is 3.29. The summed E-state index contributed by atoms with van der Waals surface area (Å²) in [5, 5.41) is 2.62. The van der Waals surface area contributed by atoms with E-state index in [1.165, 1.54) is 15.9 Å². The first-order valence-electron chi connectivity index (χ1n) is 13.1. The van der Waals surface area contributed by atoms with Gasteiger partial charge in [0.2, 0.25) is 17.7 Å². The van der Waals surface area contributed by atoms with Crippen LogP contribution in [0, 0.1) is 0 Å². The van der Waals surface area contributed by atoms with Crippen molar-refractivity contribution in [2.24, 2.45) is 0 Å². The van der Waals surface area contributed by atoms with Gasteiger partial charge in [-0.05, 0) is 67.5 Å². The lowest BCUT2D eigenvalue weighted by Gasteiger charge is -2.29. The van der Waals surface area contributed by atoms with Crippen molar-refractivity contribution in [3.63, 3.8) is 0 Å². The first-order chi connectivity index (χ1) is 18.7. The molecule has 3 aliphatic heterocycles. The molecule has 200 valence electrons. The molecule has 0 aromatic heterocycles. The van der Waals surface area contributed by atoms with Gasteiger partial charge in [-0.15, -0.1) is 0 Å². The average Bonchev–Trinajstić information content (AvgIpc) is 3.83. The van der Waals surface area contributed by atoms with Crippen molar-refractivity contribution in [1.82, 2.24) is 10.2 Å². The molecule has 1 unspecified atom stereocenters. The highest BCUT2D eigenvalue weighted by atomic mass is 35.5. The van der Waals surface area contributed by atoms with E-state index in [1.54, 1.807) is 25.2 Å². The van der Waals surface area contributed by atoms with Crippen molar-refractivity contribution < 1.29 is 28.7 Å². The number of benzene rings is 2. The molecule has 2 saturated carbocycles. The van der Waals surface area contributed by atoms with E-state index in [9.17, 15) is 24.0 Å². The molecule has 3 fully saturated rings. The summed E-state index contributed by atoms with van der Waals surface area (Å²) in [5.74, 6) is -0.877. The summed E-state index contributed by atoms with van der Waals surface area (Å²) in [6, 6.07) is 7.90. The zero-order valence-electron chi connectivity index (χ0n) is 21.2. The quantitative estimate of drug-likeness (QED) is 0.586. The second-order valence-electron chi connectivity index (χ2n) is 11.0. The van der Waals surface area contributed by atoms with Gasteiger partial charge in [-0.3, -0.25) is 29.4 Å². The molecule has 1 saturated heterocycles. The van der Waals surface area contributed by atoms with E-state index in [1.807, 2.05) is 11.0 Å². The number of hydrogen-bond acceptors (Lipinski definition) is 6. The highest BCUT2D eigenvalue weighted by Gasteiger charge is 2.61. The van der Waals surface area contributed by atoms with Gasteiger partial charge in [0, 0.05) is 37.3 Å². The molecule has 1 atom stereocenters. The first kappa shape index (κ1) is 24.1. The Morgan fingerprint density at radius 1 is 1.10 bits per heavy atom. The van der Waals surface area contributed by atoms with E-state index in [2.05, 4.69) is 5.32 Å². The maximum Gasteiger partial charge on any atom is 0.419 e. The van der Waals surface area contributed by atoms with E-state index >= 15 is 0 Å². The fourth-order valence-electron chi connectivity index (χ4n) is 6.01. The Morgan fingerprint density at radius 2 is 1.87 bits per heavy atom. The van der Waals surface area contributed by atoms with E-state index in [-0.39, 0.29) is 48.9 Å². The molecular weight excluding hydrogens is 524 g/mol. The molecule has 2 aromatic rings. The van der Waals surface area contributed by atoms with Gasteiger partial charge >= 0.3 is 6.09 Å². The fraction of sp³-hybridized carbons (Fsp3) is 0.393. The lowest BCUT2D eigenvalue weighted by molar-refractivity contribution is -0.137. The largest absolute Gasteiger partial charge is 0.419 e. The Hall–Kier alpha value is -3.92. The predicted octanol–water partition coefficient (Wildman–Crippen LogP) is 3.28. The lowest BCUT2D eigenvalue weighted by Crippen LogP contribution is -2.52. The summed E-state index contributed by atoms with van der Waals surface area (Å²) in [7, 11) is 1.55. The van der Waals surface area contributed by atoms with E-state index in [0.29, 0.717) is 21.8 Å². The molecule has 5 aliphatic rings. The second kappa shape index (κ2) is 8.29. The molecule has 3 heterocycles. The number of piperidine rings is 1. The highest BCUT2D eigenvalue weighted by Crippen LogP contribution is 2.60. The lowest BCUT2D eigenvalue weighted by atomic mass is 9.97. The molecular formula is C28H25ClN4O6. The highest BCUT2D eigenvalue weighted by molar-refractivity contribution is 6.34. The Morgan fingerprint density at radius 3 is 2.56 bits per heavy atom. The van der Waals surface area contributed by atoms with Gasteiger partial charge in [0.05, 0.1) is 16.1 Å². The van der Waals surface area contributed by atoms with Crippen LogP contribution in [0.5, 0.6) is 5.75 Å².